The van der Waals surface area contributed by atoms with E-state index in [1.54, 1.807) is 11.3 Å². The molecule has 18 heavy (non-hydrogen) atoms. The van der Waals surface area contributed by atoms with Gasteiger partial charge in [0.15, 0.2) is 0 Å². The Labute approximate surface area is 113 Å². The molecule has 1 N–H and O–H groups in total. The minimum absolute atomic E-state index is 0.387. The van der Waals surface area contributed by atoms with Crippen molar-refractivity contribution >= 4 is 11.3 Å². The molecule has 0 aliphatic heterocycles. The molecule has 1 atom stereocenters. The van der Waals surface area contributed by atoms with Crippen molar-refractivity contribution in [2.75, 3.05) is 0 Å². The van der Waals surface area contributed by atoms with E-state index in [4.69, 9.17) is 0 Å². The van der Waals surface area contributed by atoms with E-state index in [0.29, 0.717) is 6.42 Å². The number of aliphatic hydroxyl groups is 1. The molecule has 1 heterocycles. The molecule has 96 valence electrons. The Kier molecular flexibility index (Phi) is 4.20. The summed E-state index contributed by atoms with van der Waals surface area (Å²) in [5.74, 6) is 0. The monoisotopic (exact) mass is 260 g/mol. The molecule has 1 aromatic carbocycles. The number of aryl methyl sites for hydroxylation is 3. The Morgan fingerprint density at radius 1 is 1.11 bits per heavy atom. The maximum absolute atomic E-state index is 10.3. The molecule has 0 aliphatic rings. The SMILES string of the molecule is CCc1ccc(CC(O)c2cc(C)sc2C)cc1. The van der Waals surface area contributed by atoms with Gasteiger partial charge < -0.3 is 5.11 Å². The maximum atomic E-state index is 10.3. The number of thiophene rings is 1. The smallest absolute Gasteiger partial charge is 0.0841 e. The van der Waals surface area contributed by atoms with Gasteiger partial charge in [0.1, 0.15) is 0 Å². The highest BCUT2D eigenvalue weighted by Gasteiger charge is 2.13. The van der Waals surface area contributed by atoms with Gasteiger partial charge in [0, 0.05) is 16.2 Å². The molecule has 0 aliphatic carbocycles. The van der Waals surface area contributed by atoms with Crippen molar-refractivity contribution in [3.05, 3.63) is 56.8 Å². The fraction of sp³-hybridized carbons (Fsp3) is 0.375. The van der Waals surface area contributed by atoms with Gasteiger partial charge in [-0.05, 0) is 43.0 Å². The predicted octanol–water partition coefficient (Wildman–Crippen LogP) is 4.20. The van der Waals surface area contributed by atoms with E-state index in [1.807, 2.05) is 0 Å². The lowest BCUT2D eigenvalue weighted by Gasteiger charge is -2.11. The van der Waals surface area contributed by atoms with E-state index in [2.05, 4.69) is 51.1 Å². The zero-order chi connectivity index (χ0) is 13.1. The second-order valence-corrected chi connectivity index (χ2v) is 6.22. The van der Waals surface area contributed by atoms with Crippen LogP contribution in [-0.2, 0) is 12.8 Å². The lowest BCUT2D eigenvalue weighted by atomic mass is 10.0. The van der Waals surface area contributed by atoms with Crippen molar-refractivity contribution < 1.29 is 5.11 Å². The summed E-state index contributed by atoms with van der Waals surface area (Å²) < 4.78 is 0. The van der Waals surface area contributed by atoms with Crippen LogP contribution in [0.5, 0.6) is 0 Å². The van der Waals surface area contributed by atoms with Crippen LogP contribution < -0.4 is 0 Å². The van der Waals surface area contributed by atoms with Crippen molar-refractivity contribution in [3.8, 4) is 0 Å². The molecule has 0 amide bonds. The summed E-state index contributed by atoms with van der Waals surface area (Å²) in [6.07, 6.45) is 1.37. The molecule has 0 radical (unpaired) electrons. The van der Waals surface area contributed by atoms with Crippen molar-refractivity contribution in [1.82, 2.24) is 0 Å². The van der Waals surface area contributed by atoms with E-state index < -0.39 is 0 Å². The van der Waals surface area contributed by atoms with Crippen LogP contribution in [-0.4, -0.2) is 5.11 Å². The van der Waals surface area contributed by atoms with Gasteiger partial charge in [-0.2, -0.15) is 0 Å². The Balaban J connectivity index is 2.10. The molecule has 2 rings (SSSR count). The highest BCUT2D eigenvalue weighted by Crippen LogP contribution is 2.28. The Morgan fingerprint density at radius 3 is 2.22 bits per heavy atom. The first-order valence-electron chi connectivity index (χ1n) is 6.43. The molecular formula is C16H20OS. The molecular weight excluding hydrogens is 240 g/mol. The average molecular weight is 260 g/mol. The standard InChI is InChI=1S/C16H20OS/c1-4-13-5-7-14(8-6-13)10-16(17)15-9-11(2)18-12(15)3/h5-9,16-17H,4,10H2,1-3H3. The zero-order valence-electron chi connectivity index (χ0n) is 11.2. The van der Waals surface area contributed by atoms with Gasteiger partial charge in [0.05, 0.1) is 6.10 Å². The second kappa shape index (κ2) is 5.68. The van der Waals surface area contributed by atoms with Crippen LogP contribution in [0.25, 0.3) is 0 Å². The van der Waals surface area contributed by atoms with Crippen LogP contribution in [0, 0.1) is 13.8 Å². The normalized spacial score (nSPS) is 12.7. The van der Waals surface area contributed by atoms with Crippen LogP contribution in [0.15, 0.2) is 30.3 Å². The Hall–Kier alpha value is -1.12. The van der Waals surface area contributed by atoms with Gasteiger partial charge >= 0.3 is 0 Å². The fourth-order valence-corrected chi connectivity index (χ4v) is 3.21. The first-order valence-corrected chi connectivity index (χ1v) is 7.24. The number of hydrogen-bond donors (Lipinski definition) is 1. The molecule has 1 unspecified atom stereocenters. The number of aliphatic hydroxyl groups excluding tert-OH is 1. The molecule has 1 nitrogen and oxygen atoms in total. The summed E-state index contributed by atoms with van der Waals surface area (Å²) in [5, 5.41) is 10.3. The molecule has 0 saturated heterocycles. The summed E-state index contributed by atoms with van der Waals surface area (Å²) in [4.78, 5) is 2.49. The van der Waals surface area contributed by atoms with Gasteiger partial charge in [-0.25, -0.2) is 0 Å². The minimum atomic E-state index is -0.387. The van der Waals surface area contributed by atoms with Gasteiger partial charge in [-0.15, -0.1) is 11.3 Å². The van der Waals surface area contributed by atoms with Gasteiger partial charge in [-0.3, -0.25) is 0 Å². The molecule has 0 spiro atoms. The van der Waals surface area contributed by atoms with Crippen LogP contribution in [0.2, 0.25) is 0 Å². The third-order valence-electron chi connectivity index (χ3n) is 3.30. The van der Waals surface area contributed by atoms with Gasteiger partial charge in [0.25, 0.3) is 0 Å². The van der Waals surface area contributed by atoms with Gasteiger partial charge in [0.2, 0.25) is 0 Å². The number of rotatable bonds is 4. The number of hydrogen-bond acceptors (Lipinski definition) is 2. The van der Waals surface area contributed by atoms with Crippen LogP contribution in [0.4, 0.5) is 0 Å². The maximum Gasteiger partial charge on any atom is 0.0841 e. The van der Waals surface area contributed by atoms with E-state index >= 15 is 0 Å². The molecule has 2 aromatic rings. The van der Waals surface area contributed by atoms with E-state index in [1.165, 1.54) is 20.9 Å². The number of benzene rings is 1. The molecule has 0 fully saturated rings. The summed E-state index contributed by atoms with van der Waals surface area (Å²) in [6, 6.07) is 10.6. The summed E-state index contributed by atoms with van der Waals surface area (Å²) in [6.45, 7) is 6.32. The summed E-state index contributed by atoms with van der Waals surface area (Å²) in [5.41, 5.74) is 3.62. The zero-order valence-corrected chi connectivity index (χ0v) is 12.1. The van der Waals surface area contributed by atoms with Crippen molar-refractivity contribution in [1.29, 1.82) is 0 Å². The molecule has 1 aromatic heterocycles. The summed E-state index contributed by atoms with van der Waals surface area (Å²) in [7, 11) is 0. The van der Waals surface area contributed by atoms with Crippen molar-refractivity contribution in [3.63, 3.8) is 0 Å². The lowest BCUT2D eigenvalue weighted by molar-refractivity contribution is 0.178. The topological polar surface area (TPSA) is 20.2 Å². The highest BCUT2D eigenvalue weighted by molar-refractivity contribution is 7.12. The molecule has 0 bridgehead atoms. The average Bonchev–Trinajstić information content (AvgIpc) is 2.69. The minimum Gasteiger partial charge on any atom is -0.388 e. The largest absolute Gasteiger partial charge is 0.388 e. The van der Waals surface area contributed by atoms with Gasteiger partial charge in [-0.1, -0.05) is 31.2 Å². The van der Waals surface area contributed by atoms with Crippen LogP contribution >= 0.6 is 11.3 Å². The second-order valence-electron chi connectivity index (χ2n) is 4.76. The first-order chi connectivity index (χ1) is 8.60. The third-order valence-corrected chi connectivity index (χ3v) is 4.28. The fourth-order valence-electron chi connectivity index (χ4n) is 2.23. The lowest BCUT2D eigenvalue weighted by Crippen LogP contribution is -2.02. The van der Waals surface area contributed by atoms with Crippen LogP contribution in [0.1, 0.15) is 39.5 Å². The predicted molar refractivity (Wildman–Crippen MR) is 78.3 cm³/mol. The quantitative estimate of drug-likeness (QED) is 0.873. The summed E-state index contributed by atoms with van der Waals surface area (Å²) >= 11 is 1.75. The van der Waals surface area contributed by atoms with Crippen LogP contribution in [0.3, 0.4) is 0 Å². The Morgan fingerprint density at radius 2 is 1.72 bits per heavy atom. The molecule has 0 saturated carbocycles. The molecule has 2 heteroatoms. The van der Waals surface area contributed by atoms with E-state index in [-0.39, 0.29) is 6.10 Å². The van der Waals surface area contributed by atoms with Crippen molar-refractivity contribution in [2.24, 2.45) is 0 Å². The highest BCUT2D eigenvalue weighted by atomic mass is 32.1. The Bertz CT molecular complexity index is 510. The van der Waals surface area contributed by atoms with E-state index in [0.717, 1.165) is 12.0 Å². The third kappa shape index (κ3) is 3.01. The first kappa shape index (κ1) is 13.3. The van der Waals surface area contributed by atoms with E-state index in [9.17, 15) is 5.11 Å². The van der Waals surface area contributed by atoms with Crippen molar-refractivity contribution in [2.45, 2.75) is 39.7 Å².